The van der Waals surface area contributed by atoms with Gasteiger partial charge in [0.25, 0.3) is 11.9 Å². The van der Waals surface area contributed by atoms with Crippen molar-refractivity contribution in [1.82, 2.24) is 14.6 Å². The number of carbonyl (C=O) groups is 1. The lowest BCUT2D eigenvalue weighted by Gasteiger charge is -2.05. The number of hydrogen-bond donors (Lipinski definition) is 1. The SMILES string of the molecule is Cc1ccc(-c2csc3nc(NC(=O)c4ccccc4)nn23)c(C)c1. The zero-order valence-corrected chi connectivity index (χ0v) is 14.7. The van der Waals surface area contributed by atoms with Gasteiger partial charge in [0.1, 0.15) is 0 Å². The van der Waals surface area contributed by atoms with E-state index in [1.54, 1.807) is 16.6 Å². The first-order valence-corrected chi connectivity index (χ1v) is 8.78. The molecule has 2 aromatic heterocycles. The smallest absolute Gasteiger partial charge is 0.258 e. The van der Waals surface area contributed by atoms with Crippen molar-refractivity contribution < 1.29 is 4.79 Å². The van der Waals surface area contributed by atoms with Crippen molar-refractivity contribution in [3.05, 3.63) is 70.6 Å². The molecule has 0 fully saturated rings. The summed E-state index contributed by atoms with van der Waals surface area (Å²) in [5.41, 5.74) is 5.08. The second-order valence-electron chi connectivity index (χ2n) is 5.89. The van der Waals surface area contributed by atoms with Crippen molar-refractivity contribution in [3.63, 3.8) is 0 Å². The summed E-state index contributed by atoms with van der Waals surface area (Å²) in [7, 11) is 0. The Morgan fingerprint density at radius 2 is 1.92 bits per heavy atom. The van der Waals surface area contributed by atoms with Crippen molar-refractivity contribution >= 4 is 28.2 Å². The Labute approximate surface area is 149 Å². The summed E-state index contributed by atoms with van der Waals surface area (Å²) < 4.78 is 1.78. The number of nitrogens with one attached hydrogen (secondary N) is 1. The number of anilines is 1. The summed E-state index contributed by atoms with van der Waals surface area (Å²) in [4.78, 5) is 17.4. The molecule has 5 nitrogen and oxygen atoms in total. The second-order valence-corrected chi connectivity index (χ2v) is 6.73. The zero-order chi connectivity index (χ0) is 17.4. The maximum atomic E-state index is 12.3. The minimum absolute atomic E-state index is 0.216. The average Bonchev–Trinajstić information content (AvgIpc) is 3.16. The molecule has 0 unspecified atom stereocenters. The molecule has 0 aliphatic rings. The van der Waals surface area contributed by atoms with E-state index in [9.17, 15) is 4.79 Å². The molecule has 2 heterocycles. The largest absolute Gasteiger partial charge is 0.289 e. The predicted octanol–water partition coefficient (Wildman–Crippen LogP) is 4.33. The highest BCUT2D eigenvalue weighted by Gasteiger charge is 2.15. The number of amides is 1. The summed E-state index contributed by atoms with van der Waals surface area (Å²) in [6.07, 6.45) is 0. The lowest BCUT2D eigenvalue weighted by molar-refractivity contribution is 0.102. The van der Waals surface area contributed by atoms with Crippen LogP contribution in [0.1, 0.15) is 21.5 Å². The van der Waals surface area contributed by atoms with E-state index < -0.39 is 0 Å². The van der Waals surface area contributed by atoms with E-state index in [0.29, 0.717) is 11.5 Å². The lowest BCUT2D eigenvalue weighted by Crippen LogP contribution is -2.12. The molecule has 25 heavy (non-hydrogen) atoms. The minimum atomic E-state index is -0.216. The van der Waals surface area contributed by atoms with Gasteiger partial charge in [-0.3, -0.25) is 10.1 Å². The standard InChI is InChI=1S/C19H16N4OS/c1-12-8-9-15(13(2)10-12)16-11-25-19-21-18(22-23(16)19)20-17(24)14-6-4-3-5-7-14/h3-11H,1-2H3,(H,20,22,24). The van der Waals surface area contributed by atoms with Crippen LogP contribution >= 0.6 is 11.3 Å². The van der Waals surface area contributed by atoms with Crippen LogP contribution in [0.25, 0.3) is 16.2 Å². The van der Waals surface area contributed by atoms with E-state index in [2.05, 4.69) is 47.4 Å². The Balaban J connectivity index is 1.68. The van der Waals surface area contributed by atoms with E-state index in [0.717, 1.165) is 16.2 Å². The van der Waals surface area contributed by atoms with E-state index in [1.165, 1.54) is 22.5 Å². The fourth-order valence-electron chi connectivity index (χ4n) is 2.78. The number of thiazole rings is 1. The van der Waals surface area contributed by atoms with Crippen LogP contribution in [0.4, 0.5) is 5.95 Å². The van der Waals surface area contributed by atoms with E-state index in [-0.39, 0.29) is 5.91 Å². The summed E-state index contributed by atoms with van der Waals surface area (Å²) >= 11 is 1.50. The van der Waals surface area contributed by atoms with E-state index in [4.69, 9.17) is 0 Å². The summed E-state index contributed by atoms with van der Waals surface area (Å²) in [6, 6.07) is 15.4. The first-order chi connectivity index (χ1) is 12.1. The van der Waals surface area contributed by atoms with E-state index in [1.807, 2.05) is 23.6 Å². The Morgan fingerprint density at radius 3 is 2.68 bits per heavy atom. The van der Waals surface area contributed by atoms with E-state index >= 15 is 0 Å². The normalized spacial score (nSPS) is 11.0. The summed E-state index contributed by atoms with van der Waals surface area (Å²) in [6.45, 7) is 4.16. The number of aromatic nitrogens is 3. The molecule has 2 aromatic carbocycles. The molecule has 0 saturated carbocycles. The third kappa shape index (κ3) is 2.92. The number of benzene rings is 2. The number of rotatable bonds is 3. The Morgan fingerprint density at radius 1 is 1.12 bits per heavy atom. The maximum absolute atomic E-state index is 12.3. The summed E-state index contributed by atoms with van der Waals surface area (Å²) in [5, 5.41) is 9.26. The second kappa shape index (κ2) is 6.14. The van der Waals surface area contributed by atoms with Gasteiger partial charge in [0.15, 0.2) is 0 Å². The van der Waals surface area contributed by atoms with Gasteiger partial charge >= 0.3 is 0 Å². The van der Waals surface area contributed by atoms with Gasteiger partial charge in [-0.25, -0.2) is 4.52 Å². The third-order valence-corrected chi connectivity index (χ3v) is 4.82. The molecule has 0 radical (unpaired) electrons. The number of nitrogens with zero attached hydrogens (tertiary/aromatic N) is 3. The molecule has 1 N–H and O–H groups in total. The molecule has 0 atom stereocenters. The van der Waals surface area contributed by atoms with Crippen LogP contribution in [-0.4, -0.2) is 20.5 Å². The molecular formula is C19H16N4OS. The van der Waals surface area contributed by atoms with Crippen LogP contribution in [-0.2, 0) is 0 Å². The average molecular weight is 348 g/mol. The van der Waals surface area contributed by atoms with Gasteiger partial charge in [-0.15, -0.1) is 16.4 Å². The number of hydrogen-bond acceptors (Lipinski definition) is 4. The van der Waals surface area contributed by atoms with Gasteiger partial charge in [-0.2, -0.15) is 4.98 Å². The number of aryl methyl sites for hydroxylation is 2. The Bertz CT molecular complexity index is 1070. The topological polar surface area (TPSA) is 59.3 Å². The zero-order valence-electron chi connectivity index (χ0n) is 13.9. The fraction of sp³-hybridized carbons (Fsp3) is 0.105. The number of carbonyl (C=O) groups excluding carboxylic acids is 1. The molecule has 0 spiro atoms. The maximum Gasteiger partial charge on any atom is 0.258 e. The van der Waals surface area contributed by atoms with Crippen molar-refractivity contribution in [1.29, 1.82) is 0 Å². The highest BCUT2D eigenvalue weighted by atomic mass is 32.1. The van der Waals surface area contributed by atoms with Crippen molar-refractivity contribution in [2.45, 2.75) is 13.8 Å². The first-order valence-electron chi connectivity index (χ1n) is 7.90. The third-order valence-electron chi connectivity index (χ3n) is 4.00. The van der Waals surface area contributed by atoms with Crippen molar-refractivity contribution in [2.24, 2.45) is 0 Å². The monoisotopic (exact) mass is 348 g/mol. The quantitative estimate of drug-likeness (QED) is 0.599. The van der Waals surface area contributed by atoms with Gasteiger partial charge in [0.05, 0.1) is 5.69 Å². The number of fused-ring (bicyclic) bond motifs is 1. The lowest BCUT2D eigenvalue weighted by atomic mass is 10.0. The molecule has 0 aliphatic heterocycles. The minimum Gasteiger partial charge on any atom is -0.289 e. The van der Waals surface area contributed by atoms with Gasteiger partial charge in [-0.05, 0) is 31.5 Å². The van der Waals surface area contributed by atoms with Gasteiger partial charge < -0.3 is 0 Å². The van der Waals surface area contributed by atoms with Crippen molar-refractivity contribution in [2.75, 3.05) is 5.32 Å². The Hall–Kier alpha value is -2.99. The highest BCUT2D eigenvalue weighted by Crippen LogP contribution is 2.28. The Kier molecular flexibility index (Phi) is 3.82. The molecule has 124 valence electrons. The van der Waals surface area contributed by atoms with Crippen LogP contribution in [0.5, 0.6) is 0 Å². The first kappa shape index (κ1) is 15.5. The van der Waals surface area contributed by atoms with Crippen LogP contribution < -0.4 is 5.32 Å². The van der Waals surface area contributed by atoms with Gasteiger partial charge in [0.2, 0.25) is 4.96 Å². The molecule has 4 aromatic rings. The summed E-state index contributed by atoms with van der Waals surface area (Å²) in [5.74, 6) is 0.0960. The van der Waals surface area contributed by atoms with Gasteiger partial charge in [0, 0.05) is 16.5 Å². The fourth-order valence-corrected chi connectivity index (χ4v) is 3.61. The molecule has 4 rings (SSSR count). The molecule has 0 aliphatic carbocycles. The van der Waals surface area contributed by atoms with Crippen LogP contribution in [0.15, 0.2) is 53.9 Å². The van der Waals surface area contributed by atoms with Gasteiger partial charge in [-0.1, -0.05) is 42.0 Å². The van der Waals surface area contributed by atoms with Crippen molar-refractivity contribution in [3.8, 4) is 11.3 Å². The van der Waals surface area contributed by atoms with Crippen LogP contribution in [0.2, 0.25) is 0 Å². The molecule has 6 heteroatoms. The molecular weight excluding hydrogens is 332 g/mol. The molecule has 0 bridgehead atoms. The molecule has 1 amide bonds. The molecule has 0 saturated heterocycles. The highest BCUT2D eigenvalue weighted by molar-refractivity contribution is 7.15. The predicted molar refractivity (Wildman–Crippen MR) is 100 cm³/mol. The van der Waals surface area contributed by atoms with Crippen LogP contribution in [0.3, 0.4) is 0 Å². The van der Waals surface area contributed by atoms with Crippen LogP contribution in [0, 0.1) is 13.8 Å².